The molecule has 0 spiro atoms. The van der Waals surface area contributed by atoms with Crippen molar-refractivity contribution in [1.82, 2.24) is 9.97 Å². The number of hydrogen-bond acceptors (Lipinski definition) is 6. The predicted octanol–water partition coefficient (Wildman–Crippen LogP) is 5.30. The highest BCUT2D eigenvalue weighted by Crippen LogP contribution is 2.30. The number of anilines is 3. The first-order valence-corrected chi connectivity index (χ1v) is 10.0. The van der Waals surface area contributed by atoms with E-state index in [9.17, 15) is 9.18 Å². The van der Waals surface area contributed by atoms with Crippen molar-refractivity contribution in [2.75, 3.05) is 24.9 Å². The molecule has 0 aliphatic rings. The minimum atomic E-state index is -0.315. The van der Waals surface area contributed by atoms with Crippen LogP contribution in [0.5, 0.6) is 11.5 Å². The van der Waals surface area contributed by atoms with Crippen molar-refractivity contribution in [2.45, 2.75) is 0 Å². The third-order valence-electron chi connectivity index (χ3n) is 4.85. The van der Waals surface area contributed by atoms with Crippen molar-refractivity contribution >= 4 is 23.2 Å². The van der Waals surface area contributed by atoms with E-state index in [-0.39, 0.29) is 11.7 Å². The second kappa shape index (κ2) is 9.78. The van der Waals surface area contributed by atoms with Crippen LogP contribution in [0.4, 0.5) is 21.7 Å². The van der Waals surface area contributed by atoms with Crippen LogP contribution >= 0.6 is 0 Å². The molecule has 2 N–H and O–H groups in total. The number of ether oxygens (including phenoxy) is 2. The molecule has 0 atom stereocenters. The molecule has 4 rings (SSSR count). The van der Waals surface area contributed by atoms with Crippen LogP contribution in [0.25, 0.3) is 11.1 Å². The number of halogens is 1. The number of methoxy groups -OCH3 is 2. The van der Waals surface area contributed by atoms with E-state index >= 15 is 0 Å². The molecule has 0 fully saturated rings. The first kappa shape index (κ1) is 21.8. The zero-order valence-corrected chi connectivity index (χ0v) is 18.0. The summed E-state index contributed by atoms with van der Waals surface area (Å²) < 4.78 is 23.9. The maximum Gasteiger partial charge on any atom is 0.255 e. The zero-order valence-electron chi connectivity index (χ0n) is 18.0. The molecule has 8 heteroatoms. The van der Waals surface area contributed by atoms with Gasteiger partial charge >= 0.3 is 0 Å². The van der Waals surface area contributed by atoms with Crippen LogP contribution < -0.4 is 20.1 Å². The van der Waals surface area contributed by atoms with Crippen LogP contribution in [0, 0.1) is 5.82 Å². The SMILES string of the molecule is COc1ccc(NC(=O)c2ccc(Nc3ncc(-c4cccc(F)c4)cn3)cc2)cc1OC. The smallest absolute Gasteiger partial charge is 0.255 e. The van der Waals surface area contributed by atoms with Crippen molar-refractivity contribution < 1.29 is 18.7 Å². The van der Waals surface area contributed by atoms with Gasteiger partial charge in [0.25, 0.3) is 5.91 Å². The van der Waals surface area contributed by atoms with Gasteiger partial charge in [0.2, 0.25) is 5.95 Å². The summed E-state index contributed by atoms with van der Waals surface area (Å²) in [5.74, 6) is 0.919. The van der Waals surface area contributed by atoms with E-state index in [2.05, 4.69) is 20.6 Å². The number of aromatic nitrogens is 2. The van der Waals surface area contributed by atoms with E-state index < -0.39 is 0 Å². The molecule has 0 radical (unpaired) electrons. The molecule has 0 aliphatic heterocycles. The normalized spacial score (nSPS) is 10.4. The van der Waals surface area contributed by atoms with Crippen LogP contribution in [-0.4, -0.2) is 30.1 Å². The summed E-state index contributed by atoms with van der Waals surface area (Å²) >= 11 is 0. The number of hydrogen-bond donors (Lipinski definition) is 2. The lowest BCUT2D eigenvalue weighted by atomic mass is 10.1. The second-order valence-corrected chi connectivity index (χ2v) is 7.03. The van der Waals surface area contributed by atoms with Crippen LogP contribution in [0.2, 0.25) is 0 Å². The maximum atomic E-state index is 13.4. The van der Waals surface area contributed by atoms with Crippen LogP contribution in [-0.2, 0) is 0 Å². The zero-order chi connectivity index (χ0) is 23.2. The highest BCUT2D eigenvalue weighted by molar-refractivity contribution is 6.04. The average molecular weight is 444 g/mol. The molecule has 4 aromatic rings. The van der Waals surface area contributed by atoms with Gasteiger partial charge in [0.1, 0.15) is 5.82 Å². The summed E-state index contributed by atoms with van der Waals surface area (Å²) in [6.45, 7) is 0. The van der Waals surface area contributed by atoms with Gasteiger partial charge in [-0.15, -0.1) is 0 Å². The highest BCUT2D eigenvalue weighted by atomic mass is 19.1. The summed E-state index contributed by atoms with van der Waals surface area (Å²) in [6.07, 6.45) is 3.24. The van der Waals surface area contributed by atoms with Crippen molar-refractivity contribution in [3.8, 4) is 22.6 Å². The average Bonchev–Trinajstić information content (AvgIpc) is 2.85. The lowest BCUT2D eigenvalue weighted by Gasteiger charge is -2.11. The molecular weight excluding hydrogens is 423 g/mol. The fourth-order valence-electron chi connectivity index (χ4n) is 3.16. The molecule has 1 aromatic heterocycles. The van der Waals surface area contributed by atoms with Gasteiger partial charge in [0, 0.05) is 41.0 Å². The van der Waals surface area contributed by atoms with Crippen LogP contribution in [0.1, 0.15) is 10.4 Å². The second-order valence-electron chi connectivity index (χ2n) is 7.03. The Kier molecular flexibility index (Phi) is 6.45. The standard InChI is InChI=1S/C25H21FN4O3/c1-32-22-11-10-21(13-23(22)33-2)29-24(31)16-6-8-20(9-7-16)30-25-27-14-18(15-28-25)17-4-3-5-19(26)12-17/h3-15H,1-2H3,(H,29,31)(H,27,28,30). The molecule has 0 aliphatic carbocycles. The molecule has 1 heterocycles. The van der Waals surface area contributed by atoms with E-state index in [0.717, 1.165) is 5.69 Å². The van der Waals surface area contributed by atoms with Crippen molar-refractivity contribution in [1.29, 1.82) is 0 Å². The monoisotopic (exact) mass is 444 g/mol. The molecule has 0 saturated carbocycles. The van der Waals surface area contributed by atoms with E-state index in [1.165, 1.54) is 19.2 Å². The Morgan fingerprint density at radius 2 is 1.52 bits per heavy atom. The molecule has 166 valence electrons. The minimum absolute atomic E-state index is 0.260. The molecule has 7 nitrogen and oxygen atoms in total. The molecular formula is C25H21FN4O3. The van der Waals surface area contributed by atoms with Gasteiger partial charge in [-0.25, -0.2) is 14.4 Å². The minimum Gasteiger partial charge on any atom is -0.493 e. The molecule has 0 bridgehead atoms. The number of benzene rings is 3. The lowest BCUT2D eigenvalue weighted by Crippen LogP contribution is -2.12. The number of amides is 1. The fourth-order valence-corrected chi connectivity index (χ4v) is 3.16. The third kappa shape index (κ3) is 5.24. The first-order chi connectivity index (χ1) is 16.1. The van der Waals surface area contributed by atoms with Gasteiger partial charge in [0.15, 0.2) is 11.5 Å². The number of carbonyl (C=O) groups excluding carboxylic acids is 1. The summed E-state index contributed by atoms with van der Waals surface area (Å²) in [5, 5.41) is 5.91. The van der Waals surface area contributed by atoms with E-state index in [1.807, 2.05) is 0 Å². The molecule has 0 saturated heterocycles. The van der Waals surface area contributed by atoms with Crippen LogP contribution in [0.3, 0.4) is 0 Å². The van der Waals surface area contributed by atoms with Gasteiger partial charge in [-0.1, -0.05) is 12.1 Å². The summed E-state index contributed by atoms with van der Waals surface area (Å²) in [5.41, 5.74) is 3.20. The van der Waals surface area contributed by atoms with Crippen molar-refractivity contribution in [3.05, 3.63) is 90.5 Å². The van der Waals surface area contributed by atoms with Gasteiger partial charge < -0.3 is 20.1 Å². The van der Waals surface area contributed by atoms with Gasteiger partial charge in [-0.2, -0.15) is 0 Å². The summed E-state index contributed by atoms with van der Waals surface area (Å²) in [4.78, 5) is 21.1. The maximum absolute atomic E-state index is 13.4. The van der Waals surface area contributed by atoms with Gasteiger partial charge in [-0.05, 0) is 54.1 Å². The topological polar surface area (TPSA) is 85.4 Å². The van der Waals surface area contributed by atoms with Gasteiger partial charge in [0.05, 0.1) is 14.2 Å². The van der Waals surface area contributed by atoms with E-state index in [1.54, 1.807) is 74.1 Å². The van der Waals surface area contributed by atoms with E-state index in [0.29, 0.717) is 39.8 Å². The Morgan fingerprint density at radius 3 is 2.18 bits per heavy atom. The quantitative estimate of drug-likeness (QED) is 0.403. The third-order valence-corrected chi connectivity index (χ3v) is 4.85. The number of nitrogens with one attached hydrogen (secondary N) is 2. The Hall–Kier alpha value is -4.46. The molecule has 33 heavy (non-hydrogen) atoms. The largest absolute Gasteiger partial charge is 0.493 e. The van der Waals surface area contributed by atoms with E-state index in [4.69, 9.17) is 9.47 Å². The predicted molar refractivity (Wildman–Crippen MR) is 125 cm³/mol. The number of carbonyl (C=O) groups is 1. The Bertz CT molecular complexity index is 1260. The summed E-state index contributed by atoms with van der Waals surface area (Å²) in [7, 11) is 3.09. The van der Waals surface area contributed by atoms with Crippen molar-refractivity contribution in [3.63, 3.8) is 0 Å². The van der Waals surface area contributed by atoms with Crippen molar-refractivity contribution in [2.24, 2.45) is 0 Å². The number of rotatable bonds is 7. The van der Waals surface area contributed by atoms with Gasteiger partial charge in [-0.3, -0.25) is 4.79 Å². The molecule has 0 unspecified atom stereocenters. The number of nitrogens with zero attached hydrogens (tertiary/aromatic N) is 2. The fraction of sp³-hybridized carbons (Fsp3) is 0.0800. The Balaban J connectivity index is 1.40. The highest BCUT2D eigenvalue weighted by Gasteiger charge is 2.10. The summed E-state index contributed by atoms with van der Waals surface area (Å²) in [6, 6.07) is 18.3. The van der Waals surface area contributed by atoms with Crippen LogP contribution in [0.15, 0.2) is 79.1 Å². The molecule has 1 amide bonds. The lowest BCUT2D eigenvalue weighted by molar-refractivity contribution is 0.102. The molecule has 3 aromatic carbocycles. The Labute approximate surface area is 190 Å². The first-order valence-electron chi connectivity index (χ1n) is 10.0. The Morgan fingerprint density at radius 1 is 0.818 bits per heavy atom.